The molecule has 1 amide bonds. The number of aryl methyl sites for hydroxylation is 1. The summed E-state index contributed by atoms with van der Waals surface area (Å²) < 4.78 is 2.09. The number of imidazole rings is 1. The quantitative estimate of drug-likeness (QED) is 0.755. The van der Waals surface area contributed by atoms with Crippen molar-refractivity contribution in [3.63, 3.8) is 0 Å². The van der Waals surface area contributed by atoms with Crippen molar-refractivity contribution in [3.05, 3.63) is 48.5 Å². The Balaban J connectivity index is 1.47. The van der Waals surface area contributed by atoms with Crippen molar-refractivity contribution in [2.75, 3.05) is 5.32 Å². The summed E-state index contributed by atoms with van der Waals surface area (Å²) >= 11 is 0. The van der Waals surface area contributed by atoms with Gasteiger partial charge in [0.1, 0.15) is 5.82 Å². The van der Waals surface area contributed by atoms with Gasteiger partial charge in [-0.1, -0.05) is 18.6 Å². The van der Waals surface area contributed by atoms with Crippen LogP contribution < -0.4 is 11.1 Å². The Labute approximate surface area is 153 Å². The molecule has 3 N–H and O–H groups in total. The Bertz CT molecular complexity index is 929. The van der Waals surface area contributed by atoms with Crippen LogP contribution in [0.1, 0.15) is 25.7 Å². The summed E-state index contributed by atoms with van der Waals surface area (Å²) in [4.78, 5) is 17.0. The van der Waals surface area contributed by atoms with Crippen LogP contribution in [0.3, 0.4) is 0 Å². The van der Waals surface area contributed by atoms with Crippen molar-refractivity contribution >= 4 is 22.6 Å². The summed E-state index contributed by atoms with van der Waals surface area (Å²) in [6.45, 7) is 0. The van der Waals surface area contributed by atoms with Gasteiger partial charge in [0.25, 0.3) is 0 Å². The lowest BCUT2D eigenvalue weighted by Gasteiger charge is -2.14. The number of carbonyl (C=O) groups excluding carboxylic acids is 1. The maximum absolute atomic E-state index is 12.3. The zero-order valence-electron chi connectivity index (χ0n) is 15.0. The first-order valence-corrected chi connectivity index (χ1v) is 9.19. The second kappa shape index (κ2) is 6.92. The number of fused-ring (bicyclic) bond motifs is 1. The molecule has 5 nitrogen and oxygen atoms in total. The van der Waals surface area contributed by atoms with E-state index in [2.05, 4.69) is 16.0 Å². The molecule has 1 aliphatic carbocycles. The van der Waals surface area contributed by atoms with E-state index in [1.165, 1.54) is 0 Å². The van der Waals surface area contributed by atoms with Gasteiger partial charge in [-0.15, -0.1) is 0 Å². The molecular formula is C21H24N4O. The van der Waals surface area contributed by atoms with E-state index in [0.717, 1.165) is 47.4 Å². The first-order valence-electron chi connectivity index (χ1n) is 9.19. The number of nitrogens with one attached hydrogen (secondary N) is 1. The van der Waals surface area contributed by atoms with Crippen LogP contribution in [0.2, 0.25) is 0 Å². The van der Waals surface area contributed by atoms with Crippen LogP contribution in [0.15, 0.2) is 48.5 Å². The number of carbonyl (C=O) groups is 1. The normalized spacial score (nSPS) is 19.8. The molecule has 1 heterocycles. The number of hydrogen-bond acceptors (Lipinski definition) is 3. The van der Waals surface area contributed by atoms with E-state index in [-0.39, 0.29) is 11.9 Å². The largest absolute Gasteiger partial charge is 0.327 e. The smallest absolute Gasteiger partial charge is 0.224 e. The predicted octanol–water partition coefficient (Wildman–Crippen LogP) is 3.70. The van der Waals surface area contributed by atoms with Crippen molar-refractivity contribution in [1.29, 1.82) is 0 Å². The molecule has 0 unspecified atom stereocenters. The number of amides is 1. The summed E-state index contributed by atoms with van der Waals surface area (Å²) in [7, 11) is 2.02. The van der Waals surface area contributed by atoms with Crippen LogP contribution >= 0.6 is 0 Å². The molecule has 0 spiro atoms. The van der Waals surface area contributed by atoms with Crippen LogP contribution in [0.5, 0.6) is 0 Å². The first-order chi connectivity index (χ1) is 12.6. The van der Waals surface area contributed by atoms with Gasteiger partial charge in [-0.3, -0.25) is 4.79 Å². The van der Waals surface area contributed by atoms with Gasteiger partial charge in [0.05, 0.1) is 11.0 Å². The Kier molecular flexibility index (Phi) is 4.47. The van der Waals surface area contributed by atoms with Crippen LogP contribution in [-0.2, 0) is 11.8 Å². The Morgan fingerprint density at radius 2 is 1.96 bits per heavy atom. The van der Waals surface area contributed by atoms with Crippen LogP contribution in [0, 0.1) is 5.92 Å². The number of hydrogen-bond donors (Lipinski definition) is 2. The summed E-state index contributed by atoms with van der Waals surface area (Å²) in [5, 5.41) is 2.99. The lowest BCUT2D eigenvalue weighted by Crippen LogP contribution is -2.28. The number of anilines is 1. The molecule has 0 saturated heterocycles. The van der Waals surface area contributed by atoms with Crippen LogP contribution in [0.25, 0.3) is 22.4 Å². The molecule has 0 aliphatic heterocycles. The topological polar surface area (TPSA) is 72.9 Å². The van der Waals surface area contributed by atoms with Gasteiger partial charge in [0.2, 0.25) is 5.91 Å². The highest BCUT2D eigenvalue weighted by Gasteiger charge is 2.26. The third kappa shape index (κ3) is 3.22. The van der Waals surface area contributed by atoms with Gasteiger partial charge in [0, 0.05) is 30.8 Å². The van der Waals surface area contributed by atoms with E-state index in [9.17, 15) is 4.79 Å². The van der Waals surface area contributed by atoms with Gasteiger partial charge in [-0.25, -0.2) is 4.98 Å². The highest BCUT2D eigenvalue weighted by Crippen LogP contribution is 2.28. The highest BCUT2D eigenvalue weighted by atomic mass is 16.1. The molecule has 4 rings (SSSR count). The third-order valence-electron chi connectivity index (χ3n) is 5.38. The summed E-state index contributed by atoms with van der Waals surface area (Å²) in [5.74, 6) is 1.28. The standard InChI is InChI=1S/C21H24N4O/c1-25-19-8-3-2-7-18(19)24-21(25)14-9-11-16(12-10-14)23-20(26)13-15-5-4-6-17(15)22/h2-3,7-12,15,17H,4-6,13,22H2,1H3,(H,23,26)/t15-,17+/m0/s1. The summed E-state index contributed by atoms with van der Waals surface area (Å²) in [5.41, 5.74) is 9.98. The number of nitrogens with two attached hydrogens (primary N) is 1. The van der Waals surface area contributed by atoms with Crippen molar-refractivity contribution in [2.24, 2.45) is 18.7 Å². The Hall–Kier alpha value is -2.66. The number of rotatable bonds is 4. The molecule has 26 heavy (non-hydrogen) atoms. The molecule has 1 aromatic heterocycles. The predicted molar refractivity (Wildman–Crippen MR) is 105 cm³/mol. The minimum atomic E-state index is 0.0443. The fourth-order valence-electron chi connectivity index (χ4n) is 3.88. The van der Waals surface area contributed by atoms with E-state index < -0.39 is 0 Å². The highest BCUT2D eigenvalue weighted by molar-refractivity contribution is 5.91. The molecule has 2 aromatic carbocycles. The molecule has 3 aromatic rings. The van der Waals surface area contributed by atoms with E-state index in [0.29, 0.717) is 12.3 Å². The van der Waals surface area contributed by atoms with Crippen LogP contribution in [0.4, 0.5) is 5.69 Å². The van der Waals surface area contributed by atoms with E-state index in [4.69, 9.17) is 10.7 Å². The van der Waals surface area contributed by atoms with Crippen molar-refractivity contribution in [1.82, 2.24) is 9.55 Å². The Morgan fingerprint density at radius 1 is 1.19 bits per heavy atom. The summed E-state index contributed by atoms with van der Waals surface area (Å²) in [6.07, 6.45) is 3.73. The van der Waals surface area contributed by atoms with Gasteiger partial charge in [0.15, 0.2) is 0 Å². The maximum Gasteiger partial charge on any atom is 0.224 e. The van der Waals surface area contributed by atoms with E-state index in [1.807, 2.05) is 49.5 Å². The number of benzene rings is 2. The molecule has 134 valence electrons. The van der Waals surface area contributed by atoms with Gasteiger partial charge < -0.3 is 15.6 Å². The molecular weight excluding hydrogens is 324 g/mol. The molecule has 1 aliphatic rings. The molecule has 2 atom stereocenters. The van der Waals surface area contributed by atoms with Crippen LogP contribution in [-0.4, -0.2) is 21.5 Å². The van der Waals surface area contributed by atoms with E-state index >= 15 is 0 Å². The second-order valence-electron chi connectivity index (χ2n) is 7.17. The van der Waals surface area contributed by atoms with Gasteiger partial charge in [-0.05, 0) is 55.2 Å². The van der Waals surface area contributed by atoms with Crippen molar-refractivity contribution in [3.8, 4) is 11.4 Å². The monoisotopic (exact) mass is 348 g/mol. The second-order valence-corrected chi connectivity index (χ2v) is 7.17. The summed E-state index contributed by atoms with van der Waals surface area (Å²) in [6, 6.07) is 16.1. The molecule has 0 radical (unpaired) electrons. The van der Waals surface area contributed by atoms with Gasteiger partial charge in [-0.2, -0.15) is 0 Å². The van der Waals surface area contributed by atoms with E-state index in [1.54, 1.807) is 0 Å². The van der Waals surface area contributed by atoms with Crippen molar-refractivity contribution < 1.29 is 4.79 Å². The first kappa shape index (κ1) is 16.8. The number of aromatic nitrogens is 2. The fraction of sp³-hybridized carbons (Fsp3) is 0.333. The fourth-order valence-corrected chi connectivity index (χ4v) is 3.88. The SMILES string of the molecule is Cn1c(-c2ccc(NC(=O)C[C@@H]3CCC[C@H]3N)cc2)nc2ccccc21. The molecule has 0 bridgehead atoms. The minimum absolute atomic E-state index is 0.0443. The lowest BCUT2D eigenvalue weighted by atomic mass is 10.00. The molecule has 1 fully saturated rings. The van der Waals surface area contributed by atoms with Gasteiger partial charge >= 0.3 is 0 Å². The maximum atomic E-state index is 12.3. The zero-order chi connectivity index (χ0) is 18.1. The molecule has 5 heteroatoms. The number of nitrogens with zero attached hydrogens (tertiary/aromatic N) is 2. The third-order valence-corrected chi connectivity index (χ3v) is 5.38. The average Bonchev–Trinajstić information content (AvgIpc) is 3.19. The lowest BCUT2D eigenvalue weighted by molar-refractivity contribution is -0.117. The minimum Gasteiger partial charge on any atom is -0.327 e. The number of para-hydroxylation sites is 2. The zero-order valence-corrected chi connectivity index (χ0v) is 15.0. The average molecular weight is 348 g/mol. The Morgan fingerprint density at radius 3 is 2.65 bits per heavy atom. The van der Waals surface area contributed by atoms with Crippen molar-refractivity contribution in [2.45, 2.75) is 31.7 Å². The molecule has 1 saturated carbocycles.